The van der Waals surface area contributed by atoms with E-state index in [0.717, 1.165) is 29.5 Å². The van der Waals surface area contributed by atoms with Crippen molar-refractivity contribution in [3.8, 4) is 5.75 Å². The van der Waals surface area contributed by atoms with Crippen LogP contribution < -0.4 is 10.5 Å². The van der Waals surface area contributed by atoms with Gasteiger partial charge in [0.1, 0.15) is 5.75 Å². The Bertz CT molecular complexity index is 728. The van der Waals surface area contributed by atoms with E-state index in [2.05, 4.69) is 9.97 Å². The molecule has 0 spiro atoms. The van der Waals surface area contributed by atoms with Crippen LogP contribution in [0.4, 0.5) is 5.69 Å². The van der Waals surface area contributed by atoms with Crippen molar-refractivity contribution in [2.24, 2.45) is 0 Å². The number of nitrogen functional groups attached to an aromatic ring is 1. The number of aromatic nitrogens is 2. The number of nitrogens with two attached hydrogens (primary N) is 1. The van der Waals surface area contributed by atoms with Crippen molar-refractivity contribution < 1.29 is 4.74 Å². The first-order chi connectivity index (χ1) is 10.3. The van der Waals surface area contributed by atoms with Gasteiger partial charge in [0.05, 0.1) is 17.8 Å². The first-order valence-electron chi connectivity index (χ1n) is 6.99. The fourth-order valence-corrected chi connectivity index (χ4v) is 2.29. The zero-order valence-electron chi connectivity index (χ0n) is 11.7. The minimum Gasteiger partial charge on any atom is -0.491 e. The number of anilines is 1. The molecular weight excluding hydrogens is 262 g/mol. The molecule has 2 aromatic heterocycles. The molecule has 0 fully saturated rings. The molecule has 2 N–H and O–H groups in total. The Labute approximate surface area is 123 Å². The summed E-state index contributed by atoms with van der Waals surface area (Å²) in [6.45, 7) is 0.637. The number of fused-ring (bicyclic) bond motifs is 1. The third kappa shape index (κ3) is 3.11. The highest BCUT2D eigenvalue weighted by molar-refractivity contribution is 5.93. The predicted octanol–water partition coefficient (Wildman–Crippen LogP) is 3.22. The van der Waals surface area contributed by atoms with Crippen molar-refractivity contribution in [1.29, 1.82) is 0 Å². The Morgan fingerprint density at radius 3 is 2.71 bits per heavy atom. The van der Waals surface area contributed by atoms with Gasteiger partial charge in [-0.15, -0.1) is 0 Å². The van der Waals surface area contributed by atoms with Crippen LogP contribution >= 0.6 is 0 Å². The lowest BCUT2D eigenvalue weighted by Gasteiger charge is -2.10. The van der Waals surface area contributed by atoms with E-state index in [1.54, 1.807) is 6.20 Å². The van der Waals surface area contributed by atoms with Gasteiger partial charge < -0.3 is 10.5 Å². The monoisotopic (exact) mass is 279 g/mol. The number of pyridine rings is 2. The summed E-state index contributed by atoms with van der Waals surface area (Å²) < 4.78 is 5.80. The number of nitrogens with zero attached hydrogens (tertiary/aromatic N) is 2. The summed E-state index contributed by atoms with van der Waals surface area (Å²) in [5.41, 5.74) is 8.95. The van der Waals surface area contributed by atoms with Gasteiger partial charge in [0.15, 0.2) is 0 Å². The number of benzene rings is 1. The van der Waals surface area contributed by atoms with Gasteiger partial charge in [0.25, 0.3) is 0 Å². The van der Waals surface area contributed by atoms with Crippen molar-refractivity contribution in [2.75, 3.05) is 12.3 Å². The molecule has 3 aromatic rings. The van der Waals surface area contributed by atoms with E-state index < -0.39 is 0 Å². The molecule has 0 saturated carbocycles. The van der Waals surface area contributed by atoms with Gasteiger partial charge in [-0.1, -0.05) is 0 Å². The summed E-state index contributed by atoms with van der Waals surface area (Å²) in [7, 11) is 0. The summed E-state index contributed by atoms with van der Waals surface area (Å²) >= 11 is 0. The van der Waals surface area contributed by atoms with Gasteiger partial charge in [-0.2, -0.15) is 0 Å². The number of aryl methyl sites for hydroxylation is 1. The summed E-state index contributed by atoms with van der Waals surface area (Å²) in [6, 6.07) is 11.7. The van der Waals surface area contributed by atoms with Crippen LogP contribution in [0.1, 0.15) is 12.0 Å². The summed E-state index contributed by atoms with van der Waals surface area (Å²) in [5.74, 6) is 0.727. The maximum atomic E-state index is 6.14. The van der Waals surface area contributed by atoms with Crippen molar-refractivity contribution >= 4 is 16.6 Å². The lowest BCUT2D eigenvalue weighted by atomic mass is 10.1. The summed E-state index contributed by atoms with van der Waals surface area (Å²) in [6.07, 6.45) is 7.29. The quantitative estimate of drug-likeness (QED) is 0.575. The SMILES string of the molecule is Nc1c(OCCCc2ccncc2)ccc2ncccc12. The zero-order valence-corrected chi connectivity index (χ0v) is 11.7. The molecule has 0 bridgehead atoms. The number of hydrogen-bond acceptors (Lipinski definition) is 4. The average molecular weight is 279 g/mol. The molecule has 2 heterocycles. The highest BCUT2D eigenvalue weighted by atomic mass is 16.5. The van der Waals surface area contributed by atoms with Gasteiger partial charge in [-0.25, -0.2) is 0 Å². The highest BCUT2D eigenvalue weighted by Gasteiger charge is 2.05. The van der Waals surface area contributed by atoms with E-state index in [9.17, 15) is 0 Å². The molecule has 0 aliphatic heterocycles. The van der Waals surface area contributed by atoms with E-state index in [4.69, 9.17) is 10.5 Å². The smallest absolute Gasteiger partial charge is 0.142 e. The molecular formula is C17H17N3O. The van der Waals surface area contributed by atoms with Crippen LogP contribution in [0.3, 0.4) is 0 Å². The Hall–Kier alpha value is -2.62. The fraction of sp³-hybridized carbons (Fsp3) is 0.176. The van der Waals surface area contributed by atoms with E-state index in [-0.39, 0.29) is 0 Å². The van der Waals surface area contributed by atoms with E-state index in [1.165, 1.54) is 5.56 Å². The minimum absolute atomic E-state index is 0.637. The average Bonchev–Trinajstić information content (AvgIpc) is 2.55. The Kier molecular flexibility index (Phi) is 3.96. The van der Waals surface area contributed by atoms with E-state index in [0.29, 0.717) is 12.3 Å². The van der Waals surface area contributed by atoms with Crippen LogP contribution in [0.15, 0.2) is 55.0 Å². The highest BCUT2D eigenvalue weighted by Crippen LogP contribution is 2.29. The molecule has 0 radical (unpaired) electrons. The van der Waals surface area contributed by atoms with Crippen LogP contribution in [-0.4, -0.2) is 16.6 Å². The standard InChI is InChI=1S/C17H17N3O/c18-17-14-4-1-9-20-15(14)5-6-16(17)21-12-2-3-13-7-10-19-11-8-13/h1,4-11H,2-3,12,18H2. The molecule has 4 heteroatoms. The third-order valence-corrected chi connectivity index (χ3v) is 3.40. The van der Waals surface area contributed by atoms with Gasteiger partial charge >= 0.3 is 0 Å². The molecule has 0 aliphatic rings. The van der Waals surface area contributed by atoms with Crippen molar-refractivity contribution in [1.82, 2.24) is 9.97 Å². The van der Waals surface area contributed by atoms with Gasteiger partial charge in [0.2, 0.25) is 0 Å². The lowest BCUT2D eigenvalue weighted by Crippen LogP contribution is -2.02. The van der Waals surface area contributed by atoms with Crippen LogP contribution in [0.5, 0.6) is 5.75 Å². The van der Waals surface area contributed by atoms with Crippen molar-refractivity contribution in [3.05, 3.63) is 60.6 Å². The molecule has 0 unspecified atom stereocenters. The van der Waals surface area contributed by atoms with Crippen molar-refractivity contribution in [3.63, 3.8) is 0 Å². The second kappa shape index (κ2) is 6.22. The van der Waals surface area contributed by atoms with Crippen LogP contribution in [0.2, 0.25) is 0 Å². The minimum atomic E-state index is 0.637. The lowest BCUT2D eigenvalue weighted by molar-refractivity contribution is 0.313. The number of ether oxygens (including phenoxy) is 1. The molecule has 21 heavy (non-hydrogen) atoms. The largest absolute Gasteiger partial charge is 0.491 e. The van der Waals surface area contributed by atoms with Gasteiger partial charge in [0, 0.05) is 24.0 Å². The molecule has 0 saturated heterocycles. The van der Waals surface area contributed by atoms with E-state index >= 15 is 0 Å². The third-order valence-electron chi connectivity index (χ3n) is 3.40. The first kappa shape index (κ1) is 13.4. The number of hydrogen-bond donors (Lipinski definition) is 1. The Morgan fingerprint density at radius 2 is 1.86 bits per heavy atom. The number of rotatable bonds is 5. The molecule has 0 atom stereocenters. The maximum absolute atomic E-state index is 6.14. The molecule has 106 valence electrons. The van der Waals surface area contributed by atoms with Crippen LogP contribution in [0, 0.1) is 0 Å². The normalized spacial score (nSPS) is 10.7. The Morgan fingerprint density at radius 1 is 1.00 bits per heavy atom. The van der Waals surface area contributed by atoms with Gasteiger partial charge in [-0.3, -0.25) is 9.97 Å². The molecule has 1 aromatic carbocycles. The maximum Gasteiger partial charge on any atom is 0.142 e. The Balaban J connectivity index is 1.62. The van der Waals surface area contributed by atoms with Gasteiger partial charge in [-0.05, 0) is 54.8 Å². The summed E-state index contributed by atoms with van der Waals surface area (Å²) in [5, 5.41) is 0.934. The zero-order chi connectivity index (χ0) is 14.5. The molecule has 0 aliphatic carbocycles. The molecule has 3 rings (SSSR count). The second-order valence-electron chi connectivity index (χ2n) is 4.85. The fourth-order valence-electron chi connectivity index (χ4n) is 2.29. The molecule has 0 amide bonds. The van der Waals surface area contributed by atoms with Crippen LogP contribution in [-0.2, 0) is 6.42 Å². The van der Waals surface area contributed by atoms with Crippen LogP contribution in [0.25, 0.3) is 10.9 Å². The first-order valence-corrected chi connectivity index (χ1v) is 6.99. The van der Waals surface area contributed by atoms with Crippen molar-refractivity contribution in [2.45, 2.75) is 12.8 Å². The second-order valence-corrected chi connectivity index (χ2v) is 4.85. The summed E-state index contributed by atoms with van der Waals surface area (Å²) in [4.78, 5) is 8.29. The molecule has 4 nitrogen and oxygen atoms in total. The topological polar surface area (TPSA) is 61.0 Å². The predicted molar refractivity (Wildman–Crippen MR) is 84.2 cm³/mol. The van der Waals surface area contributed by atoms with E-state index in [1.807, 2.05) is 48.8 Å².